The summed E-state index contributed by atoms with van der Waals surface area (Å²) in [5.41, 5.74) is 0. The van der Waals surface area contributed by atoms with Crippen LogP contribution in [0.4, 0.5) is 0 Å². The second-order valence-electron chi connectivity index (χ2n) is 10.1. The highest BCUT2D eigenvalue weighted by Crippen LogP contribution is 2.36. The van der Waals surface area contributed by atoms with Gasteiger partial charge in [0.2, 0.25) is 0 Å². The number of ether oxygens (including phenoxy) is 2. The number of hydrogen-bond acceptors (Lipinski definition) is 4. The van der Waals surface area contributed by atoms with Crippen molar-refractivity contribution in [3.63, 3.8) is 0 Å². The fourth-order valence-electron chi connectivity index (χ4n) is 4.44. The smallest absolute Gasteiger partial charge is 0.261 e. The molecule has 0 unspecified atom stereocenters. The topological polar surface area (TPSA) is 47.9 Å². The Balaban J connectivity index is 1.61. The third-order valence-corrected chi connectivity index (χ3v) is 11.1. The van der Waals surface area contributed by atoms with Crippen molar-refractivity contribution in [2.24, 2.45) is 0 Å². The number of aliphatic hydroxyl groups is 1. The molecule has 0 radical (unpaired) electrons. The van der Waals surface area contributed by atoms with Crippen LogP contribution in [-0.2, 0) is 13.9 Å². The average Bonchev–Trinajstić information content (AvgIpc) is 3.16. The Kier molecular flexibility index (Phi) is 8.55. The number of aliphatic hydroxyl groups excluding tert-OH is 1. The van der Waals surface area contributed by atoms with Crippen LogP contribution < -0.4 is 10.4 Å². The molecule has 2 atom stereocenters. The molecule has 0 amide bonds. The van der Waals surface area contributed by atoms with Gasteiger partial charge in [-0.25, -0.2) is 0 Å². The molecule has 4 nitrogen and oxygen atoms in total. The predicted octanol–water partition coefficient (Wildman–Crippen LogP) is 4.25. The van der Waals surface area contributed by atoms with Gasteiger partial charge in [0.15, 0.2) is 5.79 Å². The summed E-state index contributed by atoms with van der Waals surface area (Å²) < 4.78 is 18.1. The molecule has 1 aliphatic rings. The number of hydrogen-bond donors (Lipinski definition) is 1. The van der Waals surface area contributed by atoms with Crippen molar-refractivity contribution < 1.29 is 19.0 Å². The van der Waals surface area contributed by atoms with Crippen LogP contribution in [0.25, 0.3) is 0 Å². The molecular formula is C28H38O4Si. The third-order valence-electron chi connectivity index (χ3n) is 6.06. The maximum absolute atomic E-state index is 10.2. The fraction of sp³-hybridized carbons (Fsp3) is 0.500. The highest BCUT2D eigenvalue weighted by molar-refractivity contribution is 6.99. The van der Waals surface area contributed by atoms with Crippen LogP contribution in [0.5, 0.6) is 0 Å². The van der Waals surface area contributed by atoms with Crippen LogP contribution in [0, 0.1) is 11.8 Å². The minimum absolute atomic E-state index is 0.0171. The van der Waals surface area contributed by atoms with Crippen LogP contribution in [0.15, 0.2) is 60.7 Å². The van der Waals surface area contributed by atoms with Crippen molar-refractivity contribution >= 4 is 18.7 Å². The van der Waals surface area contributed by atoms with E-state index in [4.69, 9.17) is 13.9 Å². The fourth-order valence-corrected chi connectivity index (χ4v) is 9.05. The molecule has 0 spiro atoms. The first-order valence-corrected chi connectivity index (χ1v) is 13.8. The van der Waals surface area contributed by atoms with E-state index >= 15 is 0 Å². The zero-order valence-electron chi connectivity index (χ0n) is 20.6. The molecule has 1 aliphatic heterocycles. The van der Waals surface area contributed by atoms with E-state index in [0.717, 1.165) is 19.3 Å². The van der Waals surface area contributed by atoms with Gasteiger partial charge in [-0.3, -0.25) is 0 Å². The van der Waals surface area contributed by atoms with E-state index in [1.807, 2.05) is 13.8 Å². The Morgan fingerprint density at radius 3 is 2.09 bits per heavy atom. The Hall–Kier alpha value is -1.94. The van der Waals surface area contributed by atoms with Gasteiger partial charge in [0, 0.05) is 13.0 Å². The molecule has 2 aromatic carbocycles. The molecule has 0 bridgehead atoms. The van der Waals surface area contributed by atoms with Crippen LogP contribution in [0.2, 0.25) is 5.04 Å². The van der Waals surface area contributed by atoms with E-state index < -0.39 is 20.2 Å². The van der Waals surface area contributed by atoms with Crippen LogP contribution in [-0.4, -0.2) is 44.6 Å². The molecule has 33 heavy (non-hydrogen) atoms. The summed E-state index contributed by atoms with van der Waals surface area (Å²) in [5.74, 6) is 5.37. The lowest BCUT2D eigenvalue weighted by atomic mass is 10.2. The van der Waals surface area contributed by atoms with E-state index in [9.17, 15) is 5.11 Å². The summed E-state index contributed by atoms with van der Waals surface area (Å²) in [4.78, 5) is 0. The Labute approximate surface area is 200 Å². The zero-order chi connectivity index (χ0) is 24.0. The lowest BCUT2D eigenvalue weighted by molar-refractivity contribution is -0.146. The molecule has 1 saturated heterocycles. The normalized spacial score (nSPS) is 19.0. The van der Waals surface area contributed by atoms with Gasteiger partial charge in [-0.2, -0.15) is 0 Å². The largest absolute Gasteiger partial charge is 0.407 e. The first-order valence-electron chi connectivity index (χ1n) is 11.9. The number of unbranched alkanes of at least 4 members (excludes halogenated alkanes) is 2. The molecule has 178 valence electrons. The van der Waals surface area contributed by atoms with Gasteiger partial charge in [0.1, 0.15) is 12.2 Å². The highest BCUT2D eigenvalue weighted by atomic mass is 28.4. The minimum Gasteiger partial charge on any atom is -0.407 e. The summed E-state index contributed by atoms with van der Waals surface area (Å²) in [6.07, 6.45) is 1.36. The number of rotatable bonds is 8. The van der Waals surface area contributed by atoms with E-state index in [1.54, 1.807) is 0 Å². The Morgan fingerprint density at radius 2 is 1.61 bits per heavy atom. The Morgan fingerprint density at radius 1 is 1.03 bits per heavy atom. The van der Waals surface area contributed by atoms with Gasteiger partial charge in [-0.15, -0.1) is 5.92 Å². The van der Waals surface area contributed by atoms with E-state index in [1.165, 1.54) is 10.4 Å². The SMILES string of the molecule is CC1(C)OC[C@H]([C@H](O)C#CCCCCO[Si](c2ccccc2)(c2ccccc2)C(C)(C)C)O1. The average molecular weight is 467 g/mol. The summed E-state index contributed by atoms with van der Waals surface area (Å²) in [7, 11) is -2.47. The molecule has 1 heterocycles. The van der Waals surface area contributed by atoms with Gasteiger partial charge in [0.05, 0.1) is 6.61 Å². The van der Waals surface area contributed by atoms with Gasteiger partial charge >= 0.3 is 0 Å². The standard InChI is InChI=1S/C28H38O4Si/c1-27(2,3)33(23-16-10-8-11-17-23,24-18-12-9-13-19-24)31-21-15-7-6-14-20-25(29)26-22-30-28(4,5)32-26/h8-13,16-19,25-26,29H,6-7,15,21-22H2,1-5H3/t25-,26-/m1/s1. The van der Waals surface area contributed by atoms with Crippen molar-refractivity contribution in [2.45, 2.75) is 76.9 Å². The van der Waals surface area contributed by atoms with E-state index in [0.29, 0.717) is 13.2 Å². The lowest BCUT2D eigenvalue weighted by Crippen LogP contribution is -2.66. The molecule has 5 heteroatoms. The molecule has 2 aromatic rings. The molecule has 0 saturated carbocycles. The minimum atomic E-state index is -2.47. The van der Waals surface area contributed by atoms with E-state index in [2.05, 4.69) is 93.3 Å². The van der Waals surface area contributed by atoms with Gasteiger partial charge < -0.3 is 19.0 Å². The summed E-state index contributed by atoms with van der Waals surface area (Å²) in [6.45, 7) is 11.6. The Bertz CT molecular complexity index is 886. The first kappa shape index (κ1) is 25.7. The lowest BCUT2D eigenvalue weighted by Gasteiger charge is -2.43. The van der Waals surface area contributed by atoms with Crippen molar-refractivity contribution in [1.82, 2.24) is 0 Å². The van der Waals surface area contributed by atoms with Gasteiger partial charge in [-0.1, -0.05) is 87.4 Å². The molecule has 1 N–H and O–H groups in total. The zero-order valence-corrected chi connectivity index (χ0v) is 21.6. The second-order valence-corrected chi connectivity index (χ2v) is 14.4. The van der Waals surface area contributed by atoms with Gasteiger partial charge in [-0.05, 0) is 42.1 Å². The van der Waals surface area contributed by atoms with Crippen LogP contribution in [0.1, 0.15) is 53.9 Å². The monoisotopic (exact) mass is 466 g/mol. The van der Waals surface area contributed by atoms with Gasteiger partial charge in [0.25, 0.3) is 8.32 Å². The molecule has 0 aliphatic carbocycles. The molecule has 3 rings (SSSR count). The van der Waals surface area contributed by atoms with Crippen molar-refractivity contribution in [3.8, 4) is 11.8 Å². The molecule has 0 aromatic heterocycles. The van der Waals surface area contributed by atoms with Crippen molar-refractivity contribution in [1.29, 1.82) is 0 Å². The third kappa shape index (κ3) is 6.35. The number of benzene rings is 2. The van der Waals surface area contributed by atoms with E-state index in [-0.39, 0.29) is 11.1 Å². The maximum atomic E-state index is 10.2. The highest BCUT2D eigenvalue weighted by Gasteiger charge is 2.49. The van der Waals surface area contributed by atoms with Crippen molar-refractivity contribution in [2.75, 3.05) is 13.2 Å². The molecular weight excluding hydrogens is 428 g/mol. The predicted molar refractivity (Wildman–Crippen MR) is 136 cm³/mol. The molecule has 1 fully saturated rings. The van der Waals surface area contributed by atoms with Crippen LogP contribution >= 0.6 is 0 Å². The van der Waals surface area contributed by atoms with Crippen LogP contribution in [0.3, 0.4) is 0 Å². The maximum Gasteiger partial charge on any atom is 0.261 e. The first-order chi connectivity index (χ1) is 15.7. The quantitative estimate of drug-likeness (QED) is 0.359. The van der Waals surface area contributed by atoms with Crippen molar-refractivity contribution in [3.05, 3.63) is 60.7 Å². The summed E-state index contributed by atoms with van der Waals surface area (Å²) in [5, 5.41) is 12.8. The summed E-state index contributed by atoms with van der Waals surface area (Å²) >= 11 is 0. The summed E-state index contributed by atoms with van der Waals surface area (Å²) in [6, 6.07) is 21.4. The second kappa shape index (κ2) is 11.0.